The Hall–Kier alpha value is -7.22. The van der Waals surface area contributed by atoms with Crippen LogP contribution in [0.2, 0.25) is 0 Å². The molecule has 1 aliphatic rings. The van der Waals surface area contributed by atoms with Crippen LogP contribution in [0.4, 0.5) is 0 Å². The number of benzene rings is 10. The minimum Gasteiger partial charge on any atom is -0.456 e. The predicted octanol–water partition coefficient (Wildman–Crippen LogP) is 16.0. The summed E-state index contributed by atoms with van der Waals surface area (Å²) in [6, 6.07) is 71.4. The van der Waals surface area contributed by atoms with E-state index in [1.54, 1.807) is 0 Å². The van der Waals surface area contributed by atoms with Crippen molar-refractivity contribution < 1.29 is 4.42 Å². The summed E-state index contributed by atoms with van der Waals surface area (Å²) in [5, 5.41) is 9.91. The van der Waals surface area contributed by atoms with Crippen LogP contribution in [0.1, 0.15) is 25.0 Å². The molecule has 272 valence electrons. The van der Waals surface area contributed by atoms with Crippen molar-refractivity contribution in [2.24, 2.45) is 0 Å². The molecule has 0 aliphatic heterocycles. The number of hydrogen-bond donors (Lipinski definition) is 0. The van der Waals surface area contributed by atoms with Crippen molar-refractivity contribution in [2.75, 3.05) is 0 Å². The zero-order chi connectivity index (χ0) is 38.5. The van der Waals surface area contributed by atoms with E-state index in [-0.39, 0.29) is 5.41 Å². The smallest absolute Gasteiger partial charge is 0.135 e. The van der Waals surface area contributed by atoms with Gasteiger partial charge in [0.2, 0.25) is 0 Å². The molecule has 0 bridgehead atoms. The monoisotopic (exact) mass is 738 g/mol. The maximum atomic E-state index is 6.22. The van der Waals surface area contributed by atoms with Crippen molar-refractivity contribution in [2.45, 2.75) is 19.3 Å². The maximum absolute atomic E-state index is 6.22. The molecule has 1 heterocycles. The van der Waals surface area contributed by atoms with Crippen LogP contribution in [0, 0.1) is 0 Å². The molecule has 0 saturated carbocycles. The molecule has 1 heteroatoms. The molecule has 1 aromatic heterocycles. The lowest BCUT2D eigenvalue weighted by molar-refractivity contribution is 0.666. The van der Waals surface area contributed by atoms with Gasteiger partial charge in [0.15, 0.2) is 0 Å². The van der Waals surface area contributed by atoms with E-state index in [0.29, 0.717) is 0 Å². The summed E-state index contributed by atoms with van der Waals surface area (Å²) in [6.45, 7) is 4.77. The third-order valence-corrected chi connectivity index (χ3v) is 12.9. The Labute approximate surface area is 337 Å². The zero-order valence-corrected chi connectivity index (χ0v) is 32.4. The van der Waals surface area contributed by atoms with Gasteiger partial charge in [-0.05, 0) is 117 Å². The molecule has 0 amide bonds. The SMILES string of the molecule is CC1(C)c2cccc(-c3ccc(-c4c5ccccc5c(-c5ccccc5-c5ccc6oc7ccccc7c6c5)c5ccccc45)cc3)c2-c2ccc3ccccc3c21. The van der Waals surface area contributed by atoms with Gasteiger partial charge >= 0.3 is 0 Å². The minimum absolute atomic E-state index is 0.0972. The fourth-order valence-electron chi connectivity index (χ4n) is 10.3. The van der Waals surface area contributed by atoms with Gasteiger partial charge in [0.1, 0.15) is 11.2 Å². The molecule has 0 spiro atoms. The third kappa shape index (κ3) is 4.71. The topological polar surface area (TPSA) is 13.1 Å². The molecule has 0 fully saturated rings. The maximum Gasteiger partial charge on any atom is 0.135 e. The highest BCUT2D eigenvalue weighted by Gasteiger charge is 2.38. The molecule has 0 radical (unpaired) electrons. The van der Waals surface area contributed by atoms with E-state index in [0.717, 1.165) is 21.9 Å². The molecule has 1 aliphatic carbocycles. The van der Waals surface area contributed by atoms with Gasteiger partial charge < -0.3 is 4.42 Å². The molecule has 12 rings (SSSR count). The number of furan rings is 1. The van der Waals surface area contributed by atoms with Crippen molar-refractivity contribution >= 4 is 54.3 Å². The Bertz CT molecular complexity index is 3410. The van der Waals surface area contributed by atoms with Gasteiger partial charge in [-0.25, -0.2) is 0 Å². The van der Waals surface area contributed by atoms with E-state index in [9.17, 15) is 0 Å². The van der Waals surface area contributed by atoms with Crippen LogP contribution in [0.15, 0.2) is 199 Å². The van der Waals surface area contributed by atoms with Gasteiger partial charge in [0.25, 0.3) is 0 Å². The van der Waals surface area contributed by atoms with E-state index in [1.165, 1.54) is 99.1 Å². The Kier molecular flexibility index (Phi) is 7.04. The quantitative estimate of drug-likeness (QED) is 0.164. The van der Waals surface area contributed by atoms with Crippen LogP contribution in [-0.2, 0) is 5.41 Å². The van der Waals surface area contributed by atoms with Gasteiger partial charge in [-0.15, -0.1) is 0 Å². The Morgan fingerprint density at radius 2 is 0.879 bits per heavy atom. The summed E-state index contributed by atoms with van der Waals surface area (Å²) in [5.74, 6) is 0. The van der Waals surface area contributed by atoms with E-state index in [1.807, 2.05) is 12.1 Å². The summed E-state index contributed by atoms with van der Waals surface area (Å²) >= 11 is 0. The predicted molar refractivity (Wildman–Crippen MR) is 246 cm³/mol. The minimum atomic E-state index is -0.0972. The highest BCUT2D eigenvalue weighted by atomic mass is 16.3. The Morgan fingerprint density at radius 1 is 0.328 bits per heavy atom. The van der Waals surface area contributed by atoms with E-state index >= 15 is 0 Å². The molecule has 0 unspecified atom stereocenters. The lowest BCUT2D eigenvalue weighted by atomic mass is 9.80. The normalized spacial score (nSPS) is 13.1. The molecule has 1 nitrogen and oxygen atoms in total. The molecule has 0 saturated heterocycles. The summed E-state index contributed by atoms with van der Waals surface area (Å²) in [5.41, 5.74) is 17.1. The van der Waals surface area contributed by atoms with Crippen molar-refractivity contribution in [3.05, 3.63) is 205 Å². The summed E-state index contributed by atoms with van der Waals surface area (Å²) < 4.78 is 6.22. The first-order valence-electron chi connectivity index (χ1n) is 20.3. The number of hydrogen-bond acceptors (Lipinski definition) is 1. The van der Waals surface area contributed by atoms with Crippen LogP contribution < -0.4 is 0 Å². The summed E-state index contributed by atoms with van der Waals surface area (Å²) in [6.07, 6.45) is 0. The van der Waals surface area contributed by atoms with Crippen molar-refractivity contribution in [3.63, 3.8) is 0 Å². The lowest BCUT2D eigenvalue weighted by Gasteiger charge is -2.23. The van der Waals surface area contributed by atoms with Crippen molar-refractivity contribution in [3.8, 4) is 55.6 Å². The number of fused-ring (bicyclic) bond motifs is 10. The van der Waals surface area contributed by atoms with Crippen LogP contribution >= 0.6 is 0 Å². The van der Waals surface area contributed by atoms with E-state index in [2.05, 4.69) is 196 Å². The Balaban J connectivity index is 1.02. The second kappa shape index (κ2) is 12.4. The van der Waals surface area contributed by atoms with Crippen LogP contribution in [0.5, 0.6) is 0 Å². The highest BCUT2D eigenvalue weighted by Crippen LogP contribution is 2.54. The first-order valence-corrected chi connectivity index (χ1v) is 20.3. The second-order valence-electron chi connectivity index (χ2n) is 16.3. The van der Waals surface area contributed by atoms with Crippen LogP contribution in [0.3, 0.4) is 0 Å². The largest absolute Gasteiger partial charge is 0.456 e. The average molecular weight is 739 g/mol. The molecule has 10 aromatic carbocycles. The van der Waals surface area contributed by atoms with Crippen LogP contribution in [-0.4, -0.2) is 0 Å². The number of rotatable bonds is 4. The molecule has 11 aromatic rings. The first-order chi connectivity index (χ1) is 28.5. The fourth-order valence-corrected chi connectivity index (χ4v) is 10.3. The van der Waals surface area contributed by atoms with Gasteiger partial charge in [-0.3, -0.25) is 0 Å². The molecule has 0 N–H and O–H groups in total. The standard InChI is InChI=1S/C57H38O/c1-57(2)50-24-13-23-40(55(50)48-32-30-35-14-3-4-16-41(35)56(48)57)36-26-28-37(29-27-36)53-44-19-7-9-21-46(44)54(47-22-10-8-20-45(47)53)43-18-6-5-15-39(43)38-31-33-52-49(34-38)42-17-11-12-25-51(42)58-52/h3-34H,1-2H3. The third-order valence-electron chi connectivity index (χ3n) is 12.9. The van der Waals surface area contributed by atoms with Gasteiger partial charge in [0.05, 0.1) is 0 Å². The zero-order valence-electron chi connectivity index (χ0n) is 32.4. The van der Waals surface area contributed by atoms with Crippen LogP contribution in [0.25, 0.3) is 110 Å². The summed E-state index contributed by atoms with van der Waals surface area (Å²) in [4.78, 5) is 0. The number of para-hydroxylation sites is 1. The molecular weight excluding hydrogens is 701 g/mol. The van der Waals surface area contributed by atoms with Gasteiger partial charge in [-0.2, -0.15) is 0 Å². The van der Waals surface area contributed by atoms with Crippen molar-refractivity contribution in [1.29, 1.82) is 0 Å². The summed E-state index contributed by atoms with van der Waals surface area (Å²) in [7, 11) is 0. The first kappa shape index (κ1) is 33.0. The Morgan fingerprint density at radius 3 is 1.62 bits per heavy atom. The molecule has 58 heavy (non-hydrogen) atoms. The van der Waals surface area contributed by atoms with E-state index in [4.69, 9.17) is 4.42 Å². The average Bonchev–Trinajstić information content (AvgIpc) is 3.77. The fraction of sp³-hybridized carbons (Fsp3) is 0.0526. The van der Waals surface area contributed by atoms with Gasteiger partial charge in [-0.1, -0.05) is 190 Å². The molecule has 0 atom stereocenters. The highest BCUT2D eigenvalue weighted by molar-refractivity contribution is 6.22. The van der Waals surface area contributed by atoms with Gasteiger partial charge in [0, 0.05) is 16.2 Å². The molecular formula is C57H38O. The second-order valence-corrected chi connectivity index (χ2v) is 16.3. The lowest BCUT2D eigenvalue weighted by Crippen LogP contribution is -2.15. The van der Waals surface area contributed by atoms with Crippen molar-refractivity contribution in [1.82, 2.24) is 0 Å². The van der Waals surface area contributed by atoms with E-state index < -0.39 is 0 Å².